The molecule has 0 saturated heterocycles. The van der Waals surface area contributed by atoms with Gasteiger partial charge in [-0.05, 0) is 67.8 Å². The van der Waals surface area contributed by atoms with Crippen LogP contribution in [0, 0.1) is 20.8 Å². The number of hydrogen-bond donors (Lipinski definition) is 2. The Morgan fingerprint density at radius 2 is 1.70 bits per heavy atom. The van der Waals surface area contributed by atoms with Crippen molar-refractivity contribution in [1.82, 2.24) is 14.9 Å². The molecular weight excluding hydrogens is 424 g/mol. The van der Waals surface area contributed by atoms with Crippen LogP contribution in [0.5, 0.6) is 5.75 Å². The molecule has 0 aliphatic carbocycles. The third-order valence-electron chi connectivity index (χ3n) is 4.50. The molecule has 0 atom stereocenters. The molecule has 2 N–H and O–H groups in total. The monoisotopic (exact) mass is 446 g/mol. The van der Waals surface area contributed by atoms with Crippen LogP contribution in [-0.4, -0.2) is 31.6 Å². The van der Waals surface area contributed by atoms with E-state index < -0.39 is 15.9 Å². The zero-order valence-corrected chi connectivity index (χ0v) is 18.6. The maximum absolute atomic E-state index is 12.7. The zero-order valence-electron chi connectivity index (χ0n) is 17.0. The largest absolute Gasteiger partial charge is 0.497 e. The Morgan fingerprint density at radius 1 is 1.03 bits per heavy atom. The molecule has 8 nitrogen and oxygen atoms in total. The van der Waals surface area contributed by atoms with E-state index in [-0.39, 0.29) is 16.4 Å². The quantitative estimate of drug-likeness (QED) is 0.577. The van der Waals surface area contributed by atoms with Gasteiger partial charge in [0, 0.05) is 5.69 Å². The number of ether oxygens (including phenoxy) is 1. The van der Waals surface area contributed by atoms with Gasteiger partial charge in [0.25, 0.3) is 5.91 Å². The van der Waals surface area contributed by atoms with E-state index in [2.05, 4.69) is 20.2 Å². The van der Waals surface area contributed by atoms with Crippen LogP contribution in [0.25, 0.3) is 0 Å². The zero-order chi connectivity index (χ0) is 21.9. The molecule has 0 spiro atoms. The van der Waals surface area contributed by atoms with Crippen LogP contribution in [0.15, 0.2) is 41.3 Å². The highest BCUT2D eigenvalue weighted by atomic mass is 32.2. The number of amides is 1. The maximum Gasteiger partial charge on any atom is 0.286 e. The molecule has 0 unspecified atom stereocenters. The lowest BCUT2D eigenvalue weighted by Gasteiger charge is -2.11. The molecule has 0 saturated carbocycles. The summed E-state index contributed by atoms with van der Waals surface area (Å²) in [4.78, 5) is 12.6. The number of aromatic nitrogens is 2. The Bertz CT molecular complexity index is 1170. The summed E-state index contributed by atoms with van der Waals surface area (Å²) in [6, 6.07) is 10.4. The second-order valence-corrected chi connectivity index (χ2v) is 9.51. The smallest absolute Gasteiger partial charge is 0.286 e. The summed E-state index contributed by atoms with van der Waals surface area (Å²) < 4.78 is 33.0. The summed E-state index contributed by atoms with van der Waals surface area (Å²) in [7, 11) is -2.16. The molecule has 1 amide bonds. The Balaban J connectivity index is 1.66. The minimum Gasteiger partial charge on any atom is -0.497 e. The van der Waals surface area contributed by atoms with Crippen LogP contribution in [0.1, 0.15) is 31.5 Å². The van der Waals surface area contributed by atoms with E-state index in [0.717, 1.165) is 22.5 Å². The average Bonchev–Trinajstić information content (AvgIpc) is 3.19. The Labute approximate surface area is 179 Å². The van der Waals surface area contributed by atoms with Crippen molar-refractivity contribution in [2.24, 2.45) is 0 Å². The van der Waals surface area contributed by atoms with Crippen molar-refractivity contribution in [1.29, 1.82) is 0 Å². The van der Waals surface area contributed by atoms with E-state index in [0.29, 0.717) is 22.0 Å². The lowest BCUT2D eigenvalue weighted by atomic mass is 10.1. The van der Waals surface area contributed by atoms with Gasteiger partial charge in [-0.25, -0.2) is 13.1 Å². The van der Waals surface area contributed by atoms with E-state index in [1.807, 2.05) is 19.9 Å². The van der Waals surface area contributed by atoms with Crippen LogP contribution in [0.2, 0.25) is 0 Å². The molecule has 2 aromatic carbocycles. The number of aryl methyl sites for hydroxylation is 3. The average molecular weight is 447 g/mol. The van der Waals surface area contributed by atoms with Gasteiger partial charge in [0.15, 0.2) is 0 Å². The number of carbonyl (C=O) groups is 1. The predicted octanol–water partition coefficient (Wildman–Crippen LogP) is 3.20. The van der Waals surface area contributed by atoms with Crippen molar-refractivity contribution in [3.8, 4) is 5.75 Å². The highest BCUT2D eigenvalue weighted by Crippen LogP contribution is 2.21. The SMILES string of the molecule is COc1ccc(NC(=O)c2nnc(CNS(=O)(=O)c3cc(C)c(C)cc3C)s2)cc1. The van der Waals surface area contributed by atoms with E-state index in [4.69, 9.17) is 4.74 Å². The van der Waals surface area contributed by atoms with Gasteiger partial charge in [0.05, 0.1) is 18.6 Å². The van der Waals surface area contributed by atoms with Gasteiger partial charge in [-0.1, -0.05) is 17.4 Å². The molecule has 158 valence electrons. The fraction of sp³-hybridized carbons (Fsp3) is 0.250. The highest BCUT2D eigenvalue weighted by molar-refractivity contribution is 7.89. The van der Waals surface area contributed by atoms with Gasteiger partial charge in [-0.3, -0.25) is 4.79 Å². The molecule has 3 rings (SSSR count). The number of nitrogens with zero attached hydrogens (tertiary/aromatic N) is 2. The second kappa shape index (κ2) is 8.90. The molecule has 0 fully saturated rings. The second-order valence-electron chi connectivity index (χ2n) is 6.71. The Morgan fingerprint density at radius 3 is 2.37 bits per heavy atom. The summed E-state index contributed by atoms with van der Waals surface area (Å²) in [5.74, 6) is 0.259. The van der Waals surface area contributed by atoms with E-state index in [9.17, 15) is 13.2 Å². The summed E-state index contributed by atoms with van der Waals surface area (Å²) in [6.45, 7) is 5.51. The number of benzene rings is 2. The summed E-state index contributed by atoms with van der Waals surface area (Å²) >= 11 is 1.03. The minimum atomic E-state index is -3.72. The maximum atomic E-state index is 12.7. The number of methoxy groups -OCH3 is 1. The van der Waals surface area contributed by atoms with Crippen LogP contribution in [0.4, 0.5) is 5.69 Å². The van der Waals surface area contributed by atoms with Crippen LogP contribution in [0.3, 0.4) is 0 Å². The van der Waals surface area contributed by atoms with Crippen molar-refractivity contribution >= 4 is 33.0 Å². The summed E-state index contributed by atoms with van der Waals surface area (Å²) in [5, 5.41) is 11.0. The fourth-order valence-electron chi connectivity index (χ4n) is 2.73. The van der Waals surface area contributed by atoms with E-state index >= 15 is 0 Å². The van der Waals surface area contributed by atoms with Crippen molar-refractivity contribution in [3.05, 3.63) is 63.1 Å². The first-order chi connectivity index (χ1) is 14.2. The Hall–Kier alpha value is -2.82. The molecule has 1 aromatic heterocycles. The van der Waals surface area contributed by atoms with Crippen molar-refractivity contribution in [2.75, 3.05) is 12.4 Å². The molecule has 0 aliphatic rings. The molecule has 30 heavy (non-hydrogen) atoms. The van der Waals surface area contributed by atoms with Gasteiger partial charge < -0.3 is 10.1 Å². The topological polar surface area (TPSA) is 110 Å². The standard InChI is InChI=1S/C20H22N4O4S2/c1-12-9-14(3)17(10-13(12)2)30(26,27)21-11-18-23-24-20(29-18)19(25)22-15-5-7-16(28-4)8-6-15/h5-10,21H,11H2,1-4H3,(H,22,25). The van der Waals surface area contributed by atoms with Gasteiger partial charge in [0.2, 0.25) is 15.0 Å². The molecular formula is C20H22N4O4S2. The van der Waals surface area contributed by atoms with Gasteiger partial charge in [-0.15, -0.1) is 10.2 Å². The van der Waals surface area contributed by atoms with Crippen LogP contribution in [-0.2, 0) is 16.6 Å². The molecule has 10 heteroatoms. The molecule has 0 radical (unpaired) electrons. The van der Waals surface area contributed by atoms with Crippen molar-refractivity contribution in [2.45, 2.75) is 32.2 Å². The molecule has 0 aliphatic heterocycles. The number of carbonyl (C=O) groups excluding carboxylic acids is 1. The fourth-order valence-corrected chi connectivity index (χ4v) is 4.80. The Kier molecular flexibility index (Phi) is 6.49. The third kappa shape index (κ3) is 5.02. The summed E-state index contributed by atoms with van der Waals surface area (Å²) in [5.41, 5.74) is 3.18. The first kappa shape index (κ1) is 21.9. The minimum absolute atomic E-state index is 0.0534. The van der Waals surface area contributed by atoms with Gasteiger partial charge in [-0.2, -0.15) is 0 Å². The third-order valence-corrected chi connectivity index (χ3v) is 6.97. The number of anilines is 1. The highest BCUT2D eigenvalue weighted by Gasteiger charge is 2.19. The number of hydrogen-bond acceptors (Lipinski definition) is 7. The van der Waals surface area contributed by atoms with Crippen LogP contribution < -0.4 is 14.8 Å². The number of nitrogens with one attached hydrogen (secondary N) is 2. The van der Waals surface area contributed by atoms with Crippen molar-refractivity contribution < 1.29 is 17.9 Å². The van der Waals surface area contributed by atoms with Crippen LogP contribution >= 0.6 is 11.3 Å². The van der Waals surface area contributed by atoms with E-state index in [1.54, 1.807) is 44.4 Å². The first-order valence-corrected chi connectivity index (χ1v) is 11.3. The molecule has 3 aromatic rings. The first-order valence-electron chi connectivity index (χ1n) is 9.05. The number of rotatable bonds is 7. The van der Waals surface area contributed by atoms with Crippen molar-refractivity contribution in [3.63, 3.8) is 0 Å². The van der Waals surface area contributed by atoms with Gasteiger partial charge >= 0.3 is 0 Å². The summed E-state index contributed by atoms with van der Waals surface area (Å²) in [6.07, 6.45) is 0. The molecule has 1 heterocycles. The normalized spacial score (nSPS) is 11.3. The van der Waals surface area contributed by atoms with E-state index in [1.165, 1.54) is 0 Å². The lowest BCUT2D eigenvalue weighted by Crippen LogP contribution is -2.24. The molecule has 0 bridgehead atoms. The number of sulfonamides is 1. The lowest BCUT2D eigenvalue weighted by molar-refractivity contribution is 0.102. The van der Waals surface area contributed by atoms with Gasteiger partial charge in [0.1, 0.15) is 10.8 Å². The predicted molar refractivity (Wildman–Crippen MR) is 116 cm³/mol.